The monoisotopic (exact) mass is 582 g/mol. The Labute approximate surface area is 269 Å². The molecule has 0 radical (unpaired) electrons. The van der Waals surface area contributed by atoms with E-state index < -0.39 is 0 Å². The zero-order chi connectivity index (χ0) is 30.5. The highest BCUT2D eigenvalue weighted by Gasteiger charge is 2.27. The molecule has 0 saturated carbocycles. The first kappa shape index (κ1) is 26.4. The van der Waals surface area contributed by atoms with E-state index in [0.717, 1.165) is 0 Å². The second-order valence-corrected chi connectivity index (χ2v) is 12.0. The zero-order valence-electron chi connectivity index (χ0n) is 25.3. The number of fused-ring (bicyclic) bond motifs is 3. The summed E-state index contributed by atoms with van der Waals surface area (Å²) in [6.07, 6.45) is 0. The summed E-state index contributed by atoms with van der Waals surface area (Å²) in [7, 11) is 0. The first-order valence-electron chi connectivity index (χ1n) is 16.0. The Balaban J connectivity index is 1.51. The van der Waals surface area contributed by atoms with Gasteiger partial charge in [0.05, 0.1) is 0 Å². The fourth-order valence-electron chi connectivity index (χ4n) is 7.48. The number of benzene rings is 8. The van der Waals surface area contributed by atoms with E-state index in [2.05, 4.69) is 182 Å². The Morgan fingerprint density at radius 3 is 1.11 bits per heavy atom. The molecule has 9 rings (SSSR count). The van der Waals surface area contributed by atoms with Crippen LogP contribution < -0.4 is 0 Å². The molecule has 1 aliphatic rings. The third-order valence-corrected chi connectivity index (χ3v) is 9.44. The average Bonchev–Trinajstić information content (AvgIpc) is 3.47. The van der Waals surface area contributed by atoms with Crippen molar-refractivity contribution in [2.75, 3.05) is 0 Å². The van der Waals surface area contributed by atoms with Crippen LogP contribution in [0.2, 0.25) is 0 Å². The molecule has 0 aliphatic heterocycles. The van der Waals surface area contributed by atoms with E-state index in [-0.39, 0.29) is 0 Å². The van der Waals surface area contributed by atoms with Crippen molar-refractivity contribution in [2.45, 2.75) is 0 Å². The van der Waals surface area contributed by atoms with Gasteiger partial charge in [0.1, 0.15) is 0 Å². The molecule has 0 nitrogen and oxygen atoms in total. The normalized spacial score (nSPS) is 11.5. The van der Waals surface area contributed by atoms with Crippen LogP contribution in [-0.2, 0) is 0 Å². The van der Waals surface area contributed by atoms with E-state index in [0.29, 0.717) is 0 Å². The van der Waals surface area contributed by atoms with Crippen LogP contribution in [0.15, 0.2) is 182 Å². The molecule has 0 heterocycles. The molecular formula is C46H30. The molecule has 214 valence electrons. The molecule has 0 atom stereocenters. The van der Waals surface area contributed by atoms with Gasteiger partial charge in [-0.05, 0) is 94.7 Å². The highest BCUT2D eigenvalue weighted by Crippen LogP contribution is 2.54. The summed E-state index contributed by atoms with van der Waals surface area (Å²) in [5.74, 6) is 0. The molecule has 46 heavy (non-hydrogen) atoms. The maximum absolute atomic E-state index is 2.43. The quantitative estimate of drug-likeness (QED) is 0.189. The fourth-order valence-corrected chi connectivity index (χ4v) is 7.48. The summed E-state index contributed by atoms with van der Waals surface area (Å²) in [6.45, 7) is 0. The van der Waals surface area contributed by atoms with E-state index in [4.69, 9.17) is 0 Å². The molecule has 8 aromatic rings. The van der Waals surface area contributed by atoms with Crippen molar-refractivity contribution >= 4 is 10.8 Å². The lowest BCUT2D eigenvalue weighted by atomic mass is 9.77. The van der Waals surface area contributed by atoms with Crippen molar-refractivity contribution in [1.29, 1.82) is 0 Å². The predicted octanol–water partition coefficient (Wildman–Crippen LogP) is 12.8. The third-order valence-electron chi connectivity index (χ3n) is 9.44. The summed E-state index contributed by atoms with van der Waals surface area (Å²) >= 11 is 0. The van der Waals surface area contributed by atoms with E-state index in [1.165, 1.54) is 88.7 Å². The minimum absolute atomic E-state index is 1.21. The van der Waals surface area contributed by atoms with Gasteiger partial charge in [0.15, 0.2) is 0 Å². The Morgan fingerprint density at radius 2 is 0.609 bits per heavy atom. The third kappa shape index (κ3) is 4.15. The fraction of sp³-hybridized carbons (Fsp3) is 0. The molecule has 0 saturated heterocycles. The van der Waals surface area contributed by atoms with Crippen LogP contribution in [0.25, 0.3) is 88.7 Å². The molecule has 1 aliphatic carbocycles. The van der Waals surface area contributed by atoms with E-state index in [1.807, 2.05) is 0 Å². The number of hydrogen-bond donors (Lipinski definition) is 0. The maximum Gasteiger partial charge on any atom is -0.000807 e. The van der Waals surface area contributed by atoms with E-state index in [9.17, 15) is 0 Å². The van der Waals surface area contributed by atoms with Crippen LogP contribution in [0.1, 0.15) is 0 Å². The Bertz CT molecular complexity index is 2240. The van der Waals surface area contributed by atoms with Gasteiger partial charge in [-0.2, -0.15) is 0 Å². The highest BCUT2D eigenvalue weighted by atomic mass is 14.3. The summed E-state index contributed by atoms with van der Waals surface area (Å²) in [5, 5.41) is 2.62. The lowest BCUT2D eigenvalue weighted by Crippen LogP contribution is -1.98. The molecule has 0 bridgehead atoms. The second-order valence-electron chi connectivity index (χ2n) is 12.0. The van der Waals surface area contributed by atoms with Gasteiger partial charge < -0.3 is 0 Å². The summed E-state index contributed by atoms with van der Waals surface area (Å²) < 4.78 is 0. The van der Waals surface area contributed by atoms with Gasteiger partial charge in [0.25, 0.3) is 0 Å². The van der Waals surface area contributed by atoms with Crippen molar-refractivity contribution in [2.24, 2.45) is 0 Å². The van der Waals surface area contributed by atoms with Crippen LogP contribution in [0, 0.1) is 0 Å². The zero-order valence-corrected chi connectivity index (χ0v) is 25.3. The summed E-state index contributed by atoms with van der Waals surface area (Å²) in [6, 6.07) is 66.5. The van der Waals surface area contributed by atoms with Crippen LogP contribution in [-0.4, -0.2) is 0 Å². The van der Waals surface area contributed by atoms with Gasteiger partial charge in [0, 0.05) is 0 Å². The summed E-state index contributed by atoms with van der Waals surface area (Å²) in [4.78, 5) is 0. The van der Waals surface area contributed by atoms with Crippen molar-refractivity contribution in [3.05, 3.63) is 182 Å². The molecule has 0 heteroatoms. The van der Waals surface area contributed by atoms with Gasteiger partial charge in [-0.15, -0.1) is 0 Å². The molecule has 0 N–H and O–H groups in total. The smallest absolute Gasteiger partial charge is 0.000807 e. The van der Waals surface area contributed by atoms with Gasteiger partial charge in [0.2, 0.25) is 0 Å². The van der Waals surface area contributed by atoms with Gasteiger partial charge in [-0.1, -0.05) is 176 Å². The summed E-state index contributed by atoms with van der Waals surface area (Å²) in [5.41, 5.74) is 17.6. The molecule has 0 fully saturated rings. The number of hydrogen-bond acceptors (Lipinski definition) is 0. The standard InChI is InChI=1S/C46H30/c1-5-16-31(17-6-1)41-30-42(32-18-7-2-8-19-32)44(34-22-11-4-12-23-34)46(43(41)33-20-9-3-10-21-33)40-29-28-39-36-25-14-13-24-35(36)37-26-15-27-38(40)45(37)39/h1-30H. The van der Waals surface area contributed by atoms with E-state index >= 15 is 0 Å². The van der Waals surface area contributed by atoms with Gasteiger partial charge in [-0.25, -0.2) is 0 Å². The first-order chi connectivity index (χ1) is 22.9. The molecule has 0 amide bonds. The first-order valence-corrected chi connectivity index (χ1v) is 16.0. The Kier molecular flexibility index (Phi) is 6.25. The van der Waals surface area contributed by atoms with Crippen molar-refractivity contribution < 1.29 is 0 Å². The lowest BCUT2D eigenvalue weighted by molar-refractivity contribution is 1.53. The predicted molar refractivity (Wildman–Crippen MR) is 196 cm³/mol. The molecule has 0 unspecified atom stereocenters. The molecule has 0 spiro atoms. The van der Waals surface area contributed by atoms with Crippen LogP contribution in [0.5, 0.6) is 0 Å². The Hall–Kier alpha value is -5.98. The van der Waals surface area contributed by atoms with Gasteiger partial charge >= 0.3 is 0 Å². The van der Waals surface area contributed by atoms with Crippen LogP contribution in [0.4, 0.5) is 0 Å². The second kappa shape index (κ2) is 10.9. The largest absolute Gasteiger partial charge is 0.0622 e. The van der Waals surface area contributed by atoms with Crippen molar-refractivity contribution in [3.8, 4) is 77.9 Å². The Morgan fingerprint density at radius 1 is 0.217 bits per heavy atom. The van der Waals surface area contributed by atoms with E-state index in [1.54, 1.807) is 0 Å². The van der Waals surface area contributed by atoms with Crippen LogP contribution >= 0.6 is 0 Å². The SMILES string of the molecule is c1ccc(-c2cc(-c3ccccc3)c(-c3ccccc3)c(-c3ccc4c5c(cccc35)-c3ccccc3-4)c2-c2ccccc2)cc1. The van der Waals surface area contributed by atoms with Crippen molar-refractivity contribution in [1.82, 2.24) is 0 Å². The minimum atomic E-state index is 1.21. The average molecular weight is 583 g/mol. The highest BCUT2D eigenvalue weighted by molar-refractivity contribution is 6.21. The molecule has 0 aromatic heterocycles. The number of rotatable bonds is 5. The molecule has 8 aromatic carbocycles. The molecular weight excluding hydrogens is 553 g/mol. The van der Waals surface area contributed by atoms with Crippen molar-refractivity contribution in [3.63, 3.8) is 0 Å². The van der Waals surface area contributed by atoms with Crippen LogP contribution in [0.3, 0.4) is 0 Å². The maximum atomic E-state index is 2.43. The lowest BCUT2D eigenvalue weighted by Gasteiger charge is -2.25. The minimum Gasteiger partial charge on any atom is -0.0622 e. The van der Waals surface area contributed by atoms with Gasteiger partial charge in [-0.3, -0.25) is 0 Å². The topological polar surface area (TPSA) is 0 Å².